The van der Waals surface area contributed by atoms with Crippen LogP contribution in [0.2, 0.25) is 0 Å². The topological polar surface area (TPSA) is 173 Å². The number of H-pyrrole nitrogens is 1. The molecule has 3 heterocycles. The summed E-state index contributed by atoms with van der Waals surface area (Å²) in [6, 6.07) is 3.06. The van der Waals surface area contributed by atoms with Crippen molar-refractivity contribution < 1.29 is 44.9 Å². The molecule has 1 aromatic heterocycles. The summed E-state index contributed by atoms with van der Waals surface area (Å²) in [7, 11) is 0. The van der Waals surface area contributed by atoms with Gasteiger partial charge in [0.2, 0.25) is 0 Å². The molecule has 1 unspecified atom stereocenters. The van der Waals surface area contributed by atoms with E-state index in [9.17, 15) is 35.4 Å². The number of rotatable bonds is 3. The molecule has 4 aliphatic carbocycles. The average molecular weight is 494 g/mol. The lowest BCUT2D eigenvalue weighted by Gasteiger charge is -2.60. The van der Waals surface area contributed by atoms with Gasteiger partial charge in [-0.3, -0.25) is 0 Å². The van der Waals surface area contributed by atoms with Gasteiger partial charge in [0.05, 0.1) is 11.5 Å². The third-order valence-electron chi connectivity index (χ3n) is 11.3. The number of aliphatic hydroxyl groups excluding tert-OH is 1. The van der Waals surface area contributed by atoms with Gasteiger partial charge in [-0.2, -0.15) is 0 Å². The summed E-state index contributed by atoms with van der Waals surface area (Å²) >= 11 is 0. The fourth-order valence-electron chi connectivity index (χ4n) is 9.56. The Bertz CT molecular complexity index is 1130. The number of ether oxygens (including phenoxy) is 2. The minimum atomic E-state index is -2.59. The van der Waals surface area contributed by atoms with Gasteiger partial charge >= 0.3 is 5.97 Å². The van der Waals surface area contributed by atoms with Gasteiger partial charge in [-0.05, 0) is 43.7 Å². The molecular weight excluding hydrogens is 458 g/mol. The zero-order chi connectivity index (χ0) is 25.8. The summed E-state index contributed by atoms with van der Waals surface area (Å²) in [6.07, 6.45) is -1.63. The summed E-state index contributed by atoms with van der Waals surface area (Å²) in [5, 5.41) is 73.9. The highest BCUT2D eigenvalue weighted by Crippen LogP contribution is 2.90. The molecule has 2 aliphatic heterocycles. The second-order valence-corrected chi connectivity index (χ2v) is 12.4. The minimum absolute atomic E-state index is 0.0654. The fraction of sp³-hybridized carbons (Fsp3) is 0.800. The van der Waals surface area contributed by atoms with E-state index in [0.717, 1.165) is 0 Å². The molecule has 2 saturated heterocycles. The van der Waals surface area contributed by atoms with Crippen molar-refractivity contribution in [3.8, 4) is 0 Å². The van der Waals surface area contributed by atoms with Crippen molar-refractivity contribution in [2.45, 2.75) is 99.9 Å². The smallest absolute Gasteiger partial charge is 0.355 e. The van der Waals surface area contributed by atoms with E-state index in [4.69, 9.17) is 9.47 Å². The van der Waals surface area contributed by atoms with Crippen LogP contribution in [0.4, 0.5) is 0 Å². The highest BCUT2D eigenvalue weighted by molar-refractivity contribution is 5.87. The number of esters is 1. The molecule has 7 N–H and O–H groups in total. The lowest BCUT2D eigenvalue weighted by atomic mass is 9.52. The van der Waals surface area contributed by atoms with Gasteiger partial charge in [-0.25, -0.2) is 4.79 Å². The molecule has 4 saturated carbocycles. The first kappa shape index (κ1) is 23.8. The van der Waals surface area contributed by atoms with Crippen LogP contribution in [0, 0.1) is 22.7 Å². The Morgan fingerprint density at radius 3 is 2.43 bits per heavy atom. The van der Waals surface area contributed by atoms with Gasteiger partial charge in [0.1, 0.15) is 28.1 Å². The van der Waals surface area contributed by atoms with Crippen LogP contribution in [0.5, 0.6) is 0 Å². The standard InChI is InChI=1S/C25H35NO9/c1-12(2)22(31)17(34-16(28)14-7-6-10-26-14)23(32)18(4)11-21(30)19(22,5)25(23,33)24(35-21)15(27)13(3)8-9-20(18,24)29/h6-7,10,12-13,15,17,26-27,29-33H,8-9,11H2,1-5H3/t13-,15-,17+,18-,19-,20-,21-,22+,23+,24?,25-/m1/s1. The maximum atomic E-state index is 13.2. The van der Waals surface area contributed by atoms with Gasteiger partial charge in [-0.1, -0.05) is 27.7 Å². The normalized spacial score (nSPS) is 59.8. The molecule has 6 bridgehead atoms. The third-order valence-corrected chi connectivity index (χ3v) is 11.3. The molecule has 6 aliphatic rings. The highest BCUT2D eigenvalue weighted by Gasteiger charge is 3.10. The van der Waals surface area contributed by atoms with Crippen LogP contribution in [-0.4, -0.2) is 87.6 Å². The molecule has 0 aromatic carbocycles. The van der Waals surface area contributed by atoms with E-state index in [1.807, 2.05) is 0 Å². The molecule has 6 fully saturated rings. The monoisotopic (exact) mass is 493 g/mol. The Morgan fingerprint density at radius 2 is 1.86 bits per heavy atom. The number of hydrogen-bond donors (Lipinski definition) is 7. The fourth-order valence-corrected chi connectivity index (χ4v) is 9.56. The predicted molar refractivity (Wildman–Crippen MR) is 119 cm³/mol. The van der Waals surface area contributed by atoms with Crippen LogP contribution in [0.1, 0.15) is 64.4 Å². The molecule has 1 aromatic rings. The number of hydrogen-bond acceptors (Lipinski definition) is 9. The lowest BCUT2D eigenvalue weighted by molar-refractivity contribution is -0.390. The van der Waals surface area contributed by atoms with E-state index in [2.05, 4.69) is 4.98 Å². The van der Waals surface area contributed by atoms with Crippen molar-refractivity contribution in [2.75, 3.05) is 0 Å². The van der Waals surface area contributed by atoms with E-state index >= 15 is 0 Å². The first-order chi connectivity index (χ1) is 16.0. The van der Waals surface area contributed by atoms with Gasteiger partial charge in [0.15, 0.2) is 17.5 Å². The molecule has 10 heteroatoms. The maximum absolute atomic E-state index is 13.2. The maximum Gasteiger partial charge on any atom is 0.355 e. The molecule has 1 spiro atoms. The Labute approximate surface area is 202 Å². The summed E-state index contributed by atoms with van der Waals surface area (Å²) in [6.45, 7) is 7.91. The quantitative estimate of drug-likeness (QED) is 0.282. The van der Waals surface area contributed by atoms with Crippen LogP contribution in [0.25, 0.3) is 0 Å². The zero-order valence-electron chi connectivity index (χ0n) is 20.6. The summed E-state index contributed by atoms with van der Waals surface area (Å²) in [5.74, 6) is -4.34. The van der Waals surface area contributed by atoms with Gasteiger partial charge in [0, 0.05) is 18.0 Å². The van der Waals surface area contributed by atoms with Gasteiger partial charge < -0.3 is 45.1 Å². The summed E-state index contributed by atoms with van der Waals surface area (Å²) in [4.78, 5) is 15.9. The molecule has 194 valence electrons. The van der Waals surface area contributed by atoms with Crippen LogP contribution < -0.4 is 0 Å². The van der Waals surface area contributed by atoms with Crippen LogP contribution >= 0.6 is 0 Å². The molecule has 0 radical (unpaired) electrons. The summed E-state index contributed by atoms with van der Waals surface area (Å²) < 4.78 is 12.1. The van der Waals surface area contributed by atoms with E-state index in [0.29, 0.717) is 6.42 Å². The van der Waals surface area contributed by atoms with Crippen LogP contribution in [0.15, 0.2) is 18.3 Å². The largest absolute Gasteiger partial charge is 0.451 e. The Balaban J connectivity index is 1.69. The SMILES string of the molecule is CC(C)[C@]1(O)[C@H](OC(=O)c2ccc[nH]2)[C@]2(O)[C@]3(C)C[C@@]4(O)OC5([C@H](O)[C@H](C)CC[C@]53O)[C@@]2(O)[C@]41C. The second kappa shape index (κ2) is 5.96. The first-order valence-corrected chi connectivity index (χ1v) is 12.4. The first-order valence-electron chi connectivity index (χ1n) is 12.4. The van der Waals surface area contributed by atoms with Crippen molar-refractivity contribution in [1.29, 1.82) is 0 Å². The Morgan fingerprint density at radius 1 is 1.20 bits per heavy atom. The molecule has 11 atom stereocenters. The molecule has 10 nitrogen and oxygen atoms in total. The van der Waals surface area contributed by atoms with Crippen LogP contribution in [0.3, 0.4) is 0 Å². The number of aromatic nitrogens is 1. The molecular formula is C25H35NO9. The van der Waals surface area contributed by atoms with Crippen molar-refractivity contribution in [1.82, 2.24) is 4.98 Å². The van der Waals surface area contributed by atoms with E-state index in [1.54, 1.807) is 26.8 Å². The second-order valence-electron chi connectivity index (χ2n) is 12.4. The summed E-state index contributed by atoms with van der Waals surface area (Å²) in [5.41, 5.74) is -15.2. The number of aromatic amines is 1. The molecule has 35 heavy (non-hydrogen) atoms. The lowest BCUT2D eigenvalue weighted by Crippen LogP contribution is -2.75. The molecule has 0 amide bonds. The van der Waals surface area contributed by atoms with Crippen molar-refractivity contribution >= 4 is 5.97 Å². The number of aliphatic hydroxyl groups is 6. The third kappa shape index (κ3) is 1.74. The number of carbonyl (C=O) groups excluding carboxylic acids is 1. The van der Waals surface area contributed by atoms with Gasteiger partial charge in [-0.15, -0.1) is 0 Å². The van der Waals surface area contributed by atoms with Crippen LogP contribution in [-0.2, 0) is 9.47 Å². The number of carbonyl (C=O) groups is 1. The Kier molecular flexibility index (Phi) is 4.06. The zero-order valence-corrected chi connectivity index (χ0v) is 20.6. The van der Waals surface area contributed by atoms with Crippen molar-refractivity contribution in [2.24, 2.45) is 22.7 Å². The Hall–Kier alpha value is -1.53. The van der Waals surface area contributed by atoms with E-state index in [1.165, 1.54) is 26.1 Å². The van der Waals surface area contributed by atoms with Gasteiger partial charge in [0.25, 0.3) is 0 Å². The van der Waals surface area contributed by atoms with E-state index < -0.39 is 74.6 Å². The average Bonchev–Trinajstić information content (AvgIpc) is 3.41. The van der Waals surface area contributed by atoms with Crippen molar-refractivity contribution in [3.63, 3.8) is 0 Å². The highest BCUT2D eigenvalue weighted by atomic mass is 16.7. The minimum Gasteiger partial charge on any atom is -0.451 e. The predicted octanol–water partition coefficient (Wildman–Crippen LogP) is -0.188. The van der Waals surface area contributed by atoms with Crippen molar-refractivity contribution in [3.05, 3.63) is 24.0 Å². The molecule has 7 rings (SSSR count). The number of nitrogens with one attached hydrogen (secondary N) is 1. The van der Waals surface area contributed by atoms with E-state index in [-0.39, 0.29) is 18.5 Å².